The van der Waals surface area contributed by atoms with Crippen LogP contribution in [0.5, 0.6) is 5.75 Å². The minimum atomic E-state index is -0.0904. The zero-order valence-electron chi connectivity index (χ0n) is 20.3. The van der Waals surface area contributed by atoms with Gasteiger partial charge in [0.1, 0.15) is 5.75 Å². The first-order valence-electron chi connectivity index (χ1n) is 12.8. The molecule has 34 heavy (non-hydrogen) atoms. The van der Waals surface area contributed by atoms with E-state index in [1.54, 1.807) is 7.11 Å². The molecule has 0 radical (unpaired) electrons. The van der Waals surface area contributed by atoms with Crippen molar-refractivity contribution in [2.75, 3.05) is 31.6 Å². The van der Waals surface area contributed by atoms with Crippen LogP contribution in [0.3, 0.4) is 0 Å². The van der Waals surface area contributed by atoms with Crippen molar-refractivity contribution in [2.24, 2.45) is 0 Å². The molecule has 1 amide bonds. The summed E-state index contributed by atoms with van der Waals surface area (Å²) >= 11 is 0. The predicted molar refractivity (Wildman–Crippen MR) is 136 cm³/mol. The largest absolute Gasteiger partial charge is 0.496 e. The number of nitrogens with zero attached hydrogens (tertiary/aromatic N) is 1. The molecule has 0 aromatic heterocycles. The number of hydrogen-bond acceptors (Lipinski definition) is 5. The number of anilines is 1. The number of hydrogen-bond donors (Lipinski definition) is 3. The Labute approximate surface area is 203 Å². The van der Waals surface area contributed by atoms with Crippen molar-refractivity contribution >= 4 is 11.6 Å². The number of benzene rings is 2. The molecule has 1 saturated carbocycles. The van der Waals surface area contributed by atoms with E-state index in [2.05, 4.69) is 39.8 Å². The molecule has 2 fully saturated rings. The molecule has 1 aliphatic heterocycles. The van der Waals surface area contributed by atoms with Gasteiger partial charge >= 0.3 is 0 Å². The summed E-state index contributed by atoms with van der Waals surface area (Å²) in [5, 5.41) is 16.5. The van der Waals surface area contributed by atoms with Crippen molar-refractivity contribution in [3.63, 3.8) is 0 Å². The van der Waals surface area contributed by atoms with Gasteiger partial charge in [-0.3, -0.25) is 4.79 Å². The van der Waals surface area contributed by atoms with Gasteiger partial charge in [-0.25, -0.2) is 0 Å². The topological polar surface area (TPSA) is 73.8 Å². The second kappa shape index (κ2) is 12.2. The van der Waals surface area contributed by atoms with Gasteiger partial charge in [-0.2, -0.15) is 0 Å². The number of para-hydroxylation sites is 1. The highest BCUT2D eigenvalue weighted by Gasteiger charge is 2.25. The number of methoxy groups -OCH3 is 1. The van der Waals surface area contributed by atoms with Gasteiger partial charge in [0, 0.05) is 37.4 Å². The number of amides is 1. The Kier molecular flexibility index (Phi) is 8.83. The second-order valence-corrected chi connectivity index (χ2v) is 9.69. The first kappa shape index (κ1) is 24.6. The molecule has 2 aromatic carbocycles. The lowest BCUT2D eigenvalue weighted by Crippen LogP contribution is -2.47. The van der Waals surface area contributed by atoms with E-state index in [0.29, 0.717) is 25.0 Å². The van der Waals surface area contributed by atoms with Gasteiger partial charge in [-0.1, -0.05) is 30.3 Å². The van der Waals surface area contributed by atoms with E-state index in [-0.39, 0.29) is 12.0 Å². The third kappa shape index (κ3) is 6.97. The van der Waals surface area contributed by atoms with Gasteiger partial charge in [0.05, 0.1) is 19.6 Å². The lowest BCUT2D eigenvalue weighted by atomic mass is 9.91. The molecule has 6 heteroatoms. The van der Waals surface area contributed by atoms with Gasteiger partial charge in [0.15, 0.2) is 0 Å². The molecule has 1 heterocycles. The Morgan fingerprint density at radius 3 is 2.35 bits per heavy atom. The van der Waals surface area contributed by atoms with Crippen LogP contribution in [0, 0.1) is 0 Å². The molecule has 3 N–H and O–H groups in total. The number of piperidine rings is 1. The maximum atomic E-state index is 12.4. The van der Waals surface area contributed by atoms with Crippen LogP contribution < -0.4 is 20.3 Å². The summed E-state index contributed by atoms with van der Waals surface area (Å²) < 4.78 is 5.37. The number of ether oxygens (including phenoxy) is 1. The van der Waals surface area contributed by atoms with Crippen LogP contribution >= 0.6 is 0 Å². The van der Waals surface area contributed by atoms with Gasteiger partial charge in [-0.05, 0) is 74.3 Å². The minimum Gasteiger partial charge on any atom is -0.496 e. The van der Waals surface area contributed by atoms with Crippen LogP contribution in [-0.4, -0.2) is 55.9 Å². The summed E-state index contributed by atoms with van der Waals surface area (Å²) in [7, 11) is 1.67. The number of rotatable bonds is 9. The van der Waals surface area contributed by atoms with Gasteiger partial charge in [0.2, 0.25) is 5.91 Å². The predicted octanol–water partition coefficient (Wildman–Crippen LogP) is 3.46. The smallest absolute Gasteiger partial charge is 0.224 e. The van der Waals surface area contributed by atoms with Crippen molar-refractivity contribution in [3.05, 3.63) is 59.7 Å². The number of carbonyl (C=O) groups excluding carboxylic acids is 1. The Balaban J connectivity index is 1.17. The Hall–Kier alpha value is -2.57. The van der Waals surface area contributed by atoms with Crippen LogP contribution in [0.4, 0.5) is 5.69 Å². The SMILES string of the molecule is COc1ccccc1CCNC(=O)Cc1ccc(N2CCC(NC3CCC(O)CC3)CC2)cc1. The van der Waals surface area contributed by atoms with Gasteiger partial charge in [0.25, 0.3) is 0 Å². The minimum absolute atomic E-state index is 0.0461. The zero-order chi connectivity index (χ0) is 23.8. The number of carbonyl (C=O) groups is 1. The van der Waals surface area contributed by atoms with E-state index in [1.165, 1.54) is 5.69 Å². The molecule has 0 bridgehead atoms. The molecular weight excluding hydrogens is 426 g/mol. The van der Waals surface area contributed by atoms with Crippen molar-refractivity contribution in [1.29, 1.82) is 0 Å². The highest BCUT2D eigenvalue weighted by Crippen LogP contribution is 2.24. The highest BCUT2D eigenvalue weighted by molar-refractivity contribution is 5.78. The Bertz CT molecular complexity index is 901. The summed E-state index contributed by atoms with van der Waals surface area (Å²) in [5.74, 6) is 0.908. The lowest BCUT2D eigenvalue weighted by molar-refractivity contribution is -0.120. The molecule has 1 aliphatic carbocycles. The Morgan fingerprint density at radius 1 is 0.971 bits per heavy atom. The normalized spacial score (nSPS) is 21.3. The molecule has 2 aromatic rings. The molecular formula is C28H39N3O3. The van der Waals surface area contributed by atoms with E-state index in [9.17, 15) is 9.90 Å². The monoisotopic (exact) mass is 465 g/mol. The van der Waals surface area contributed by atoms with Crippen molar-refractivity contribution in [1.82, 2.24) is 10.6 Å². The van der Waals surface area contributed by atoms with Crippen LogP contribution in [0.1, 0.15) is 49.7 Å². The maximum absolute atomic E-state index is 12.4. The third-order valence-corrected chi connectivity index (χ3v) is 7.24. The van der Waals surface area contributed by atoms with Crippen LogP contribution in [0.25, 0.3) is 0 Å². The van der Waals surface area contributed by atoms with Crippen molar-refractivity contribution in [2.45, 2.75) is 69.6 Å². The van der Waals surface area contributed by atoms with Crippen molar-refractivity contribution in [3.8, 4) is 5.75 Å². The summed E-state index contributed by atoms with van der Waals surface area (Å²) in [4.78, 5) is 14.8. The highest BCUT2D eigenvalue weighted by atomic mass is 16.5. The molecule has 0 unspecified atom stereocenters. The van der Waals surface area contributed by atoms with E-state index in [4.69, 9.17) is 4.74 Å². The molecule has 6 nitrogen and oxygen atoms in total. The summed E-state index contributed by atoms with van der Waals surface area (Å²) in [5.41, 5.74) is 3.38. The van der Waals surface area contributed by atoms with Gasteiger partial charge in [-0.15, -0.1) is 0 Å². The standard InChI is InChI=1S/C28H39N3O3/c1-34-27-5-3-2-4-22(27)14-17-29-28(33)20-21-6-10-25(11-7-21)31-18-15-24(16-19-31)30-23-8-12-26(32)13-9-23/h2-7,10-11,23-24,26,30,32H,8-9,12-20H2,1H3,(H,29,33). The number of aliphatic hydroxyl groups is 1. The molecule has 2 aliphatic rings. The van der Waals surface area contributed by atoms with E-state index in [0.717, 1.165) is 74.9 Å². The van der Waals surface area contributed by atoms with E-state index < -0.39 is 0 Å². The first-order chi connectivity index (χ1) is 16.6. The molecule has 1 saturated heterocycles. The summed E-state index contributed by atoms with van der Waals surface area (Å²) in [6.45, 7) is 2.70. The van der Waals surface area contributed by atoms with E-state index in [1.807, 2.05) is 24.3 Å². The molecule has 4 rings (SSSR count). The fourth-order valence-corrected chi connectivity index (χ4v) is 5.20. The summed E-state index contributed by atoms with van der Waals surface area (Å²) in [6, 6.07) is 17.5. The molecule has 0 atom stereocenters. The van der Waals surface area contributed by atoms with Crippen molar-refractivity contribution < 1.29 is 14.6 Å². The maximum Gasteiger partial charge on any atom is 0.224 e. The quantitative estimate of drug-likeness (QED) is 0.529. The van der Waals surface area contributed by atoms with Crippen LogP contribution in [0.15, 0.2) is 48.5 Å². The molecule has 184 valence electrons. The first-order valence-corrected chi connectivity index (χ1v) is 12.8. The molecule has 0 spiro atoms. The second-order valence-electron chi connectivity index (χ2n) is 9.69. The fraction of sp³-hybridized carbons (Fsp3) is 0.536. The van der Waals surface area contributed by atoms with Crippen LogP contribution in [0.2, 0.25) is 0 Å². The number of nitrogens with one attached hydrogen (secondary N) is 2. The lowest BCUT2D eigenvalue weighted by Gasteiger charge is -2.37. The average molecular weight is 466 g/mol. The van der Waals surface area contributed by atoms with E-state index >= 15 is 0 Å². The fourth-order valence-electron chi connectivity index (χ4n) is 5.20. The number of aliphatic hydroxyl groups excluding tert-OH is 1. The third-order valence-electron chi connectivity index (χ3n) is 7.24. The average Bonchev–Trinajstić information content (AvgIpc) is 2.87. The zero-order valence-corrected chi connectivity index (χ0v) is 20.3. The van der Waals surface area contributed by atoms with Gasteiger partial charge < -0.3 is 25.4 Å². The van der Waals surface area contributed by atoms with Crippen LogP contribution in [-0.2, 0) is 17.6 Å². The Morgan fingerprint density at radius 2 is 1.65 bits per heavy atom. The summed E-state index contributed by atoms with van der Waals surface area (Å²) in [6.07, 6.45) is 7.41.